The normalized spacial score (nSPS) is 19.5. The van der Waals surface area contributed by atoms with Crippen molar-refractivity contribution in [1.29, 1.82) is 0 Å². The van der Waals surface area contributed by atoms with Crippen LogP contribution in [-0.4, -0.2) is 25.0 Å². The van der Waals surface area contributed by atoms with E-state index in [1.807, 2.05) is 6.92 Å². The lowest BCUT2D eigenvalue weighted by Gasteiger charge is -2.33. The van der Waals surface area contributed by atoms with Crippen LogP contribution in [0, 0.1) is 17.5 Å². The number of hydrogen-bond acceptors (Lipinski definition) is 2. The minimum atomic E-state index is -1.25. The number of hydrogen-bond donors (Lipinski definition) is 1. The molecule has 3 nitrogen and oxygen atoms in total. The van der Waals surface area contributed by atoms with Crippen molar-refractivity contribution in [3.63, 3.8) is 0 Å². The molecule has 0 aliphatic carbocycles. The van der Waals surface area contributed by atoms with Crippen molar-refractivity contribution in [1.82, 2.24) is 5.32 Å². The summed E-state index contributed by atoms with van der Waals surface area (Å²) in [4.78, 5) is 13.4. The largest absolute Gasteiger partial charge is 0.308 e. The average Bonchev–Trinajstić information content (AvgIpc) is 2.42. The number of benzene rings is 1. The minimum Gasteiger partial charge on any atom is -0.308 e. The van der Waals surface area contributed by atoms with E-state index in [9.17, 15) is 18.0 Å². The van der Waals surface area contributed by atoms with Gasteiger partial charge >= 0.3 is 0 Å². The molecule has 0 saturated carbocycles. The third-order valence-electron chi connectivity index (χ3n) is 3.36. The Labute approximate surface area is 115 Å². The molecule has 1 heterocycles. The van der Waals surface area contributed by atoms with Gasteiger partial charge in [0.15, 0.2) is 11.6 Å². The highest BCUT2D eigenvalue weighted by Gasteiger charge is 2.31. The molecule has 1 aromatic rings. The standard InChI is InChI=1S/C14H17F3N2O/c1-2-5-18-12-4-3-6-19(14(12)20)13-8-10(16)9(15)7-11(13)17/h7-8,12,18H,2-6H2,1H3. The predicted molar refractivity (Wildman–Crippen MR) is 70.0 cm³/mol. The first-order valence-corrected chi connectivity index (χ1v) is 6.74. The molecule has 2 rings (SSSR count). The number of amides is 1. The summed E-state index contributed by atoms with van der Waals surface area (Å²) in [5, 5.41) is 3.08. The highest BCUT2D eigenvalue weighted by atomic mass is 19.2. The smallest absolute Gasteiger partial charge is 0.244 e. The summed E-state index contributed by atoms with van der Waals surface area (Å²) in [6.45, 7) is 2.97. The number of rotatable bonds is 4. The quantitative estimate of drug-likeness (QED) is 0.863. The van der Waals surface area contributed by atoms with Crippen molar-refractivity contribution in [2.24, 2.45) is 0 Å². The molecule has 0 aromatic heterocycles. The van der Waals surface area contributed by atoms with Crippen LogP contribution in [0.15, 0.2) is 12.1 Å². The molecule has 0 spiro atoms. The Kier molecular flexibility index (Phi) is 4.65. The van der Waals surface area contributed by atoms with Gasteiger partial charge in [0, 0.05) is 18.7 Å². The summed E-state index contributed by atoms with van der Waals surface area (Å²) < 4.78 is 39.9. The fourth-order valence-corrected chi connectivity index (χ4v) is 2.34. The van der Waals surface area contributed by atoms with Crippen LogP contribution in [0.2, 0.25) is 0 Å². The molecule has 0 radical (unpaired) electrons. The van der Waals surface area contributed by atoms with E-state index in [1.165, 1.54) is 4.90 Å². The number of halogens is 3. The first-order chi connectivity index (χ1) is 9.54. The Morgan fingerprint density at radius 1 is 1.25 bits per heavy atom. The molecule has 6 heteroatoms. The van der Waals surface area contributed by atoms with E-state index < -0.39 is 23.5 Å². The molecule has 1 amide bonds. The summed E-state index contributed by atoms with van der Waals surface area (Å²) in [5.74, 6) is -3.63. The number of piperidine rings is 1. The molecule has 110 valence electrons. The van der Waals surface area contributed by atoms with Crippen LogP contribution < -0.4 is 10.2 Å². The molecule has 0 bridgehead atoms. The Bertz CT molecular complexity index is 507. The molecule has 1 N–H and O–H groups in total. The van der Waals surface area contributed by atoms with Crippen LogP contribution in [0.4, 0.5) is 18.9 Å². The molecule has 1 atom stereocenters. The fraction of sp³-hybridized carbons (Fsp3) is 0.500. The van der Waals surface area contributed by atoms with Crippen LogP contribution in [0.3, 0.4) is 0 Å². The van der Waals surface area contributed by atoms with Gasteiger partial charge in [-0.2, -0.15) is 0 Å². The zero-order valence-electron chi connectivity index (χ0n) is 11.3. The lowest BCUT2D eigenvalue weighted by Crippen LogP contribution is -2.51. The molecule has 20 heavy (non-hydrogen) atoms. The van der Waals surface area contributed by atoms with Crippen molar-refractivity contribution >= 4 is 11.6 Å². The van der Waals surface area contributed by atoms with Crippen molar-refractivity contribution < 1.29 is 18.0 Å². The van der Waals surface area contributed by atoms with Gasteiger partial charge in [-0.05, 0) is 25.8 Å². The van der Waals surface area contributed by atoms with Crippen molar-refractivity contribution in [2.75, 3.05) is 18.0 Å². The van der Waals surface area contributed by atoms with E-state index in [4.69, 9.17) is 0 Å². The van der Waals surface area contributed by atoms with Crippen LogP contribution in [-0.2, 0) is 4.79 Å². The molecular formula is C14H17F3N2O. The number of carbonyl (C=O) groups is 1. The van der Waals surface area contributed by atoms with E-state index in [0.29, 0.717) is 32.0 Å². The maximum atomic E-state index is 13.7. The van der Waals surface area contributed by atoms with Crippen LogP contribution in [0.1, 0.15) is 26.2 Å². The summed E-state index contributed by atoms with van der Waals surface area (Å²) in [5.41, 5.74) is -0.197. The van der Waals surface area contributed by atoms with Gasteiger partial charge in [-0.3, -0.25) is 4.79 Å². The van der Waals surface area contributed by atoms with E-state index in [2.05, 4.69) is 5.32 Å². The second-order valence-electron chi connectivity index (χ2n) is 4.86. The van der Waals surface area contributed by atoms with Gasteiger partial charge in [0.25, 0.3) is 0 Å². The van der Waals surface area contributed by atoms with Crippen molar-refractivity contribution in [3.05, 3.63) is 29.6 Å². The van der Waals surface area contributed by atoms with Gasteiger partial charge in [0.1, 0.15) is 5.82 Å². The Hall–Kier alpha value is -1.56. The number of carbonyl (C=O) groups excluding carboxylic acids is 1. The first kappa shape index (κ1) is 14.8. The SMILES string of the molecule is CCCNC1CCCN(c2cc(F)c(F)cc2F)C1=O. The van der Waals surface area contributed by atoms with Crippen molar-refractivity contribution in [2.45, 2.75) is 32.2 Å². The molecule has 1 aliphatic rings. The molecular weight excluding hydrogens is 269 g/mol. The van der Waals surface area contributed by atoms with Crippen LogP contribution in [0.5, 0.6) is 0 Å². The van der Waals surface area contributed by atoms with Crippen LogP contribution in [0.25, 0.3) is 0 Å². The number of nitrogens with one attached hydrogen (secondary N) is 1. The summed E-state index contributed by atoms with van der Waals surface area (Å²) in [6, 6.07) is 0.822. The van der Waals surface area contributed by atoms with Gasteiger partial charge in [-0.15, -0.1) is 0 Å². The molecule has 1 unspecified atom stereocenters. The van der Waals surface area contributed by atoms with Gasteiger partial charge < -0.3 is 10.2 Å². The summed E-state index contributed by atoms with van der Waals surface area (Å²) in [7, 11) is 0. The third-order valence-corrected chi connectivity index (χ3v) is 3.36. The Morgan fingerprint density at radius 3 is 2.65 bits per heavy atom. The highest BCUT2D eigenvalue weighted by Crippen LogP contribution is 2.26. The number of nitrogens with zero attached hydrogens (tertiary/aromatic N) is 1. The van der Waals surface area contributed by atoms with Gasteiger partial charge in [0.2, 0.25) is 5.91 Å². The average molecular weight is 286 g/mol. The van der Waals surface area contributed by atoms with E-state index in [0.717, 1.165) is 12.5 Å². The molecule has 1 saturated heterocycles. The predicted octanol–water partition coefficient (Wildman–Crippen LogP) is 2.60. The van der Waals surface area contributed by atoms with E-state index in [-0.39, 0.29) is 11.6 Å². The number of anilines is 1. The van der Waals surface area contributed by atoms with E-state index in [1.54, 1.807) is 0 Å². The third kappa shape index (κ3) is 2.95. The zero-order valence-corrected chi connectivity index (χ0v) is 11.3. The first-order valence-electron chi connectivity index (χ1n) is 6.74. The summed E-state index contributed by atoms with van der Waals surface area (Å²) >= 11 is 0. The minimum absolute atomic E-state index is 0.197. The van der Waals surface area contributed by atoms with E-state index >= 15 is 0 Å². The maximum Gasteiger partial charge on any atom is 0.244 e. The Balaban J connectivity index is 2.23. The van der Waals surface area contributed by atoms with Gasteiger partial charge in [-0.1, -0.05) is 6.92 Å². The van der Waals surface area contributed by atoms with Crippen LogP contribution >= 0.6 is 0 Å². The van der Waals surface area contributed by atoms with Crippen molar-refractivity contribution in [3.8, 4) is 0 Å². The maximum absolute atomic E-state index is 13.7. The topological polar surface area (TPSA) is 32.3 Å². The molecule has 1 aliphatic heterocycles. The monoisotopic (exact) mass is 286 g/mol. The second-order valence-corrected chi connectivity index (χ2v) is 4.86. The highest BCUT2D eigenvalue weighted by molar-refractivity contribution is 5.98. The lowest BCUT2D eigenvalue weighted by molar-refractivity contribution is -0.121. The van der Waals surface area contributed by atoms with Gasteiger partial charge in [0.05, 0.1) is 11.7 Å². The summed E-state index contributed by atoms with van der Waals surface area (Å²) in [6.07, 6.45) is 2.23. The van der Waals surface area contributed by atoms with Gasteiger partial charge in [-0.25, -0.2) is 13.2 Å². The Morgan fingerprint density at radius 2 is 1.95 bits per heavy atom. The zero-order chi connectivity index (χ0) is 14.7. The second kappa shape index (κ2) is 6.26. The lowest BCUT2D eigenvalue weighted by atomic mass is 10.0. The fourth-order valence-electron chi connectivity index (χ4n) is 2.34. The molecule has 1 aromatic carbocycles. The molecule has 1 fully saturated rings.